The van der Waals surface area contributed by atoms with Gasteiger partial charge in [-0.1, -0.05) is 0 Å². The van der Waals surface area contributed by atoms with Gasteiger partial charge in [0.1, 0.15) is 23.5 Å². The normalized spacial score (nSPS) is 29.1. The van der Waals surface area contributed by atoms with Gasteiger partial charge in [-0.25, -0.2) is 19.7 Å². The zero-order valence-electron chi connectivity index (χ0n) is 21.9. The van der Waals surface area contributed by atoms with E-state index in [1.807, 2.05) is 0 Å². The van der Waals surface area contributed by atoms with Gasteiger partial charge in [-0.3, -0.25) is 14.2 Å². The standard InChI is InChI=1S/C25H34N8O7/c26-21-17-22(33(11-28-17)24-19(36)18(35)20(40-24)23(37)29-14-1-2-14)31-15(30-21)7-12-3-5-32(6-4-12)25(38)39-10-13-8-16(34)27-9-13/h11-14,18-20,24,35-36H,1-10H2,(H,27,34)(H,29,37)(H2,26,30,31)/t13?,18?,19?,20-,24+/m0/s1. The minimum atomic E-state index is -1.41. The van der Waals surface area contributed by atoms with E-state index in [1.165, 1.54) is 10.9 Å². The summed E-state index contributed by atoms with van der Waals surface area (Å²) in [4.78, 5) is 51.3. The second-order valence-corrected chi connectivity index (χ2v) is 11.1. The van der Waals surface area contributed by atoms with Crippen molar-refractivity contribution in [2.45, 2.75) is 69.1 Å². The molecule has 3 amide bonds. The quantitative estimate of drug-likeness (QED) is 0.274. The highest BCUT2D eigenvalue weighted by molar-refractivity contribution is 5.83. The third-order valence-electron chi connectivity index (χ3n) is 8.04. The van der Waals surface area contributed by atoms with Crippen molar-refractivity contribution < 1.29 is 34.1 Å². The van der Waals surface area contributed by atoms with Crippen LogP contribution in [0.5, 0.6) is 0 Å². The Morgan fingerprint density at radius 1 is 1.15 bits per heavy atom. The van der Waals surface area contributed by atoms with Gasteiger partial charge in [0.05, 0.1) is 12.9 Å². The lowest BCUT2D eigenvalue weighted by Crippen LogP contribution is -2.43. The van der Waals surface area contributed by atoms with E-state index >= 15 is 0 Å². The van der Waals surface area contributed by atoms with Gasteiger partial charge in [0, 0.05) is 44.4 Å². The van der Waals surface area contributed by atoms with Gasteiger partial charge >= 0.3 is 6.09 Å². The van der Waals surface area contributed by atoms with E-state index in [-0.39, 0.29) is 42.3 Å². The molecular formula is C25H34N8O7. The summed E-state index contributed by atoms with van der Waals surface area (Å²) in [6, 6.07) is 0.0857. The molecule has 0 radical (unpaired) electrons. The van der Waals surface area contributed by atoms with Crippen LogP contribution in [-0.4, -0.2) is 103 Å². The molecule has 4 aliphatic rings. The first kappa shape index (κ1) is 26.7. The van der Waals surface area contributed by atoms with Crippen molar-refractivity contribution in [1.82, 2.24) is 35.1 Å². The Labute approximate surface area is 229 Å². The number of imidazole rings is 1. The molecule has 0 spiro atoms. The average molecular weight is 559 g/mol. The molecule has 1 saturated carbocycles. The van der Waals surface area contributed by atoms with Crippen LogP contribution in [0.15, 0.2) is 6.33 Å². The van der Waals surface area contributed by atoms with Gasteiger partial charge in [-0.15, -0.1) is 0 Å². The molecule has 5 heterocycles. The first-order valence-corrected chi connectivity index (χ1v) is 13.8. The number of hydrogen-bond acceptors (Lipinski definition) is 11. The van der Waals surface area contributed by atoms with Crippen molar-refractivity contribution in [2.75, 3.05) is 32.0 Å². The van der Waals surface area contributed by atoms with Gasteiger partial charge in [0.25, 0.3) is 5.91 Å². The first-order chi connectivity index (χ1) is 19.3. The van der Waals surface area contributed by atoms with Gasteiger partial charge in [-0.2, -0.15) is 0 Å². The smallest absolute Gasteiger partial charge is 0.409 e. The van der Waals surface area contributed by atoms with Crippen LogP contribution >= 0.6 is 0 Å². The molecule has 2 aromatic rings. The largest absolute Gasteiger partial charge is 0.449 e. The zero-order chi connectivity index (χ0) is 28.0. The van der Waals surface area contributed by atoms with Crippen molar-refractivity contribution >= 4 is 34.9 Å². The number of aliphatic hydroxyl groups is 2. The van der Waals surface area contributed by atoms with Crippen molar-refractivity contribution in [3.63, 3.8) is 0 Å². The molecule has 5 atom stereocenters. The Hall–Kier alpha value is -3.56. The average Bonchev–Trinajstić information content (AvgIpc) is 3.35. The number of rotatable bonds is 7. The maximum absolute atomic E-state index is 12.5. The van der Waals surface area contributed by atoms with E-state index in [0.29, 0.717) is 49.5 Å². The maximum Gasteiger partial charge on any atom is 0.409 e. The van der Waals surface area contributed by atoms with Crippen molar-refractivity contribution in [1.29, 1.82) is 0 Å². The highest BCUT2D eigenvalue weighted by Crippen LogP contribution is 2.33. The highest BCUT2D eigenvalue weighted by Gasteiger charge is 2.48. The van der Waals surface area contributed by atoms with Crippen LogP contribution in [0.4, 0.5) is 10.6 Å². The molecule has 40 heavy (non-hydrogen) atoms. The molecule has 15 nitrogen and oxygen atoms in total. The third kappa shape index (κ3) is 5.40. The Balaban J connectivity index is 1.08. The topological polar surface area (TPSA) is 207 Å². The van der Waals surface area contributed by atoms with E-state index in [1.54, 1.807) is 4.90 Å². The molecule has 6 rings (SSSR count). The number of carbonyl (C=O) groups is 3. The second-order valence-electron chi connectivity index (χ2n) is 11.1. The number of nitrogens with one attached hydrogen (secondary N) is 2. The molecule has 3 unspecified atom stereocenters. The Morgan fingerprint density at radius 3 is 2.62 bits per heavy atom. The highest BCUT2D eigenvalue weighted by atomic mass is 16.6. The summed E-state index contributed by atoms with van der Waals surface area (Å²) in [5.74, 6) is 0.412. The number of likely N-dealkylation sites (tertiary alicyclic amines) is 1. The number of piperidine rings is 1. The van der Waals surface area contributed by atoms with Crippen LogP contribution in [0.2, 0.25) is 0 Å². The SMILES string of the molecule is Nc1nc(CC2CCN(C(=O)OCC3CNC(=O)C3)CC2)nc2c1ncn2[C@@H]1O[C@H](C(=O)NC2CC2)C(O)C1O. The van der Waals surface area contributed by atoms with E-state index in [4.69, 9.17) is 15.2 Å². The lowest BCUT2D eigenvalue weighted by Gasteiger charge is -2.31. The van der Waals surface area contributed by atoms with Crippen molar-refractivity contribution in [2.24, 2.45) is 11.8 Å². The van der Waals surface area contributed by atoms with Gasteiger partial charge in [0.2, 0.25) is 5.91 Å². The molecule has 3 aliphatic heterocycles. The number of fused-ring (bicyclic) bond motifs is 1. The minimum absolute atomic E-state index is 0.0176. The fourth-order valence-electron chi connectivity index (χ4n) is 5.52. The Kier molecular flexibility index (Phi) is 7.18. The number of nitrogens with two attached hydrogens (primary N) is 1. The summed E-state index contributed by atoms with van der Waals surface area (Å²) in [5, 5.41) is 26.7. The van der Waals surface area contributed by atoms with E-state index in [2.05, 4.69) is 25.6 Å². The number of ether oxygens (including phenoxy) is 2. The molecule has 4 fully saturated rings. The number of hydrogen-bond donors (Lipinski definition) is 5. The van der Waals surface area contributed by atoms with E-state index in [9.17, 15) is 24.6 Å². The monoisotopic (exact) mass is 558 g/mol. The molecular weight excluding hydrogens is 524 g/mol. The number of carbonyl (C=O) groups excluding carboxylic acids is 3. The lowest BCUT2D eigenvalue weighted by molar-refractivity contribution is -0.137. The minimum Gasteiger partial charge on any atom is -0.449 e. The molecule has 0 bridgehead atoms. The summed E-state index contributed by atoms with van der Waals surface area (Å²) in [7, 11) is 0. The first-order valence-electron chi connectivity index (χ1n) is 13.8. The van der Waals surface area contributed by atoms with E-state index < -0.39 is 30.4 Å². The molecule has 3 saturated heterocycles. The summed E-state index contributed by atoms with van der Waals surface area (Å²) < 4.78 is 12.7. The number of nitrogen functional groups attached to an aromatic ring is 1. The number of amides is 3. The Bertz CT molecular complexity index is 1290. The third-order valence-corrected chi connectivity index (χ3v) is 8.04. The predicted molar refractivity (Wildman–Crippen MR) is 137 cm³/mol. The number of nitrogens with zero attached hydrogens (tertiary/aromatic N) is 5. The molecule has 0 aromatic carbocycles. The fraction of sp³-hybridized carbons (Fsp3) is 0.680. The predicted octanol–water partition coefficient (Wildman–Crippen LogP) is -1.17. The summed E-state index contributed by atoms with van der Waals surface area (Å²) in [6.45, 7) is 1.82. The van der Waals surface area contributed by atoms with Crippen LogP contribution in [0.1, 0.15) is 44.2 Å². The summed E-state index contributed by atoms with van der Waals surface area (Å²) in [5.41, 5.74) is 6.86. The summed E-state index contributed by atoms with van der Waals surface area (Å²) >= 11 is 0. The van der Waals surface area contributed by atoms with Gasteiger partial charge < -0.3 is 41.0 Å². The number of aromatic nitrogens is 4. The molecule has 15 heteroatoms. The van der Waals surface area contributed by atoms with Crippen LogP contribution in [-0.2, 0) is 25.5 Å². The maximum atomic E-state index is 12.5. The van der Waals surface area contributed by atoms with Crippen LogP contribution in [0, 0.1) is 11.8 Å². The summed E-state index contributed by atoms with van der Waals surface area (Å²) in [6.07, 6.45) is 0.0878. The number of aliphatic hydroxyl groups excluding tert-OH is 2. The zero-order valence-corrected chi connectivity index (χ0v) is 21.9. The number of anilines is 1. The molecule has 1 aliphatic carbocycles. The lowest BCUT2D eigenvalue weighted by atomic mass is 9.93. The van der Waals surface area contributed by atoms with Crippen molar-refractivity contribution in [3.05, 3.63) is 12.2 Å². The Morgan fingerprint density at radius 2 is 1.93 bits per heavy atom. The molecule has 216 valence electrons. The van der Waals surface area contributed by atoms with Gasteiger partial charge in [-0.05, 0) is 31.6 Å². The second kappa shape index (κ2) is 10.8. The molecule has 6 N–H and O–H groups in total. The fourth-order valence-corrected chi connectivity index (χ4v) is 5.52. The van der Waals surface area contributed by atoms with Crippen LogP contribution in [0.25, 0.3) is 11.2 Å². The van der Waals surface area contributed by atoms with E-state index in [0.717, 1.165) is 25.7 Å². The van der Waals surface area contributed by atoms with Crippen LogP contribution < -0.4 is 16.4 Å². The van der Waals surface area contributed by atoms with Crippen LogP contribution in [0.3, 0.4) is 0 Å². The van der Waals surface area contributed by atoms with Crippen molar-refractivity contribution in [3.8, 4) is 0 Å². The van der Waals surface area contributed by atoms with Gasteiger partial charge in [0.15, 0.2) is 23.8 Å². The molecule has 2 aromatic heterocycles.